The predicted octanol–water partition coefficient (Wildman–Crippen LogP) is 1.26. The molecule has 4 heterocycles. The lowest BCUT2D eigenvalue weighted by Gasteiger charge is -2.47. The van der Waals surface area contributed by atoms with Gasteiger partial charge in [-0.25, -0.2) is 9.37 Å². The number of nitrogens with one attached hydrogen (secondary N) is 1. The number of hydrogen-bond donors (Lipinski definition) is 1. The summed E-state index contributed by atoms with van der Waals surface area (Å²) < 4.78 is 15.5. The topological polar surface area (TPSA) is 116 Å². The SMILES string of the molecule is Cc1c([C@@H]2CN3CCN(C(=O)C4CCc5nc(-n6cnnn6)ccc54)C[C@H]3CN2)ccc(F)c1C#N. The Morgan fingerprint density at radius 1 is 1.19 bits per heavy atom. The number of hydrogen-bond acceptors (Lipinski definition) is 8. The maximum Gasteiger partial charge on any atom is 0.230 e. The second kappa shape index (κ2) is 9.04. The number of rotatable bonds is 3. The first-order valence-corrected chi connectivity index (χ1v) is 12.2. The number of halogens is 1. The van der Waals surface area contributed by atoms with Crippen molar-refractivity contribution in [2.24, 2.45) is 0 Å². The van der Waals surface area contributed by atoms with Gasteiger partial charge in [0.25, 0.3) is 0 Å². The number of fused-ring (bicyclic) bond motifs is 2. The molecule has 1 aromatic carbocycles. The molecule has 3 atom stereocenters. The van der Waals surface area contributed by atoms with Crippen molar-refractivity contribution in [3.05, 3.63) is 64.4 Å². The van der Waals surface area contributed by atoms with Gasteiger partial charge in [0.05, 0.1) is 11.5 Å². The van der Waals surface area contributed by atoms with E-state index in [0.29, 0.717) is 24.5 Å². The zero-order chi connectivity index (χ0) is 24.8. The summed E-state index contributed by atoms with van der Waals surface area (Å²) in [5.74, 6) is 0.175. The Balaban J connectivity index is 1.12. The molecule has 1 aliphatic carbocycles. The van der Waals surface area contributed by atoms with Crippen LogP contribution in [-0.2, 0) is 11.2 Å². The molecule has 3 aliphatic rings. The number of piperazine rings is 2. The molecule has 0 radical (unpaired) electrons. The first-order chi connectivity index (χ1) is 17.5. The van der Waals surface area contributed by atoms with Crippen molar-refractivity contribution >= 4 is 5.91 Å². The molecular weight excluding hydrogens is 461 g/mol. The number of carbonyl (C=O) groups is 1. The molecule has 3 aromatic rings. The van der Waals surface area contributed by atoms with Gasteiger partial charge in [0, 0.05) is 50.5 Å². The first-order valence-electron chi connectivity index (χ1n) is 12.2. The van der Waals surface area contributed by atoms with Gasteiger partial charge >= 0.3 is 0 Å². The lowest BCUT2D eigenvalue weighted by Crippen LogP contribution is -2.63. The monoisotopic (exact) mass is 487 g/mol. The van der Waals surface area contributed by atoms with Crippen LogP contribution in [0, 0.1) is 24.1 Å². The molecule has 0 bridgehead atoms. The Morgan fingerprint density at radius 2 is 2.06 bits per heavy atom. The van der Waals surface area contributed by atoms with Gasteiger partial charge < -0.3 is 10.2 Å². The van der Waals surface area contributed by atoms with Gasteiger partial charge in [0.1, 0.15) is 18.2 Å². The number of pyridine rings is 1. The maximum atomic E-state index is 14.0. The van der Waals surface area contributed by atoms with E-state index in [1.165, 1.54) is 17.1 Å². The summed E-state index contributed by atoms with van der Waals surface area (Å²) in [5.41, 5.74) is 3.71. The molecule has 1 N–H and O–H groups in total. The van der Waals surface area contributed by atoms with Crippen LogP contribution in [0.15, 0.2) is 30.6 Å². The normalized spacial score (nSPS) is 23.7. The van der Waals surface area contributed by atoms with Gasteiger partial charge in [0.15, 0.2) is 5.82 Å². The molecule has 1 amide bonds. The summed E-state index contributed by atoms with van der Waals surface area (Å²) in [7, 11) is 0. The van der Waals surface area contributed by atoms with Crippen molar-refractivity contribution < 1.29 is 9.18 Å². The minimum absolute atomic E-state index is 0.0263. The third kappa shape index (κ3) is 3.83. The number of amides is 1. The average molecular weight is 488 g/mol. The average Bonchev–Trinajstić information content (AvgIpc) is 3.58. The minimum atomic E-state index is -0.477. The maximum absolute atomic E-state index is 14.0. The van der Waals surface area contributed by atoms with Gasteiger partial charge in [-0.2, -0.15) is 9.94 Å². The molecule has 11 heteroatoms. The molecule has 184 valence electrons. The highest BCUT2D eigenvalue weighted by atomic mass is 19.1. The van der Waals surface area contributed by atoms with Crippen molar-refractivity contribution in [2.45, 2.75) is 37.8 Å². The van der Waals surface area contributed by atoms with Crippen molar-refractivity contribution in [2.75, 3.05) is 32.7 Å². The molecule has 0 saturated carbocycles. The molecule has 2 aliphatic heterocycles. The lowest BCUT2D eigenvalue weighted by atomic mass is 9.93. The van der Waals surface area contributed by atoms with Crippen LogP contribution in [0.1, 0.15) is 46.3 Å². The quantitative estimate of drug-likeness (QED) is 0.587. The van der Waals surface area contributed by atoms with Crippen LogP contribution in [-0.4, -0.2) is 79.7 Å². The van der Waals surface area contributed by atoms with E-state index in [1.54, 1.807) is 13.0 Å². The number of aryl methyl sites for hydroxylation is 1. The van der Waals surface area contributed by atoms with Crippen molar-refractivity contribution in [1.29, 1.82) is 5.26 Å². The van der Waals surface area contributed by atoms with Crippen molar-refractivity contribution in [3.63, 3.8) is 0 Å². The van der Waals surface area contributed by atoms with Gasteiger partial charge in [-0.05, 0) is 59.0 Å². The van der Waals surface area contributed by atoms with E-state index >= 15 is 0 Å². The van der Waals surface area contributed by atoms with E-state index in [9.17, 15) is 14.4 Å². The summed E-state index contributed by atoms with van der Waals surface area (Å²) in [4.78, 5) is 22.6. The van der Waals surface area contributed by atoms with E-state index < -0.39 is 5.82 Å². The molecule has 2 saturated heterocycles. The standard InChI is InChI=1S/C25H26FN9O/c1-15-17(2-5-21(26)20(15)10-27)23-13-33-8-9-34(12-16(33)11-28-23)25(36)19-3-6-22-18(19)4-7-24(30-22)35-14-29-31-32-35/h2,4-5,7,14,16,19,23,28H,3,6,8-9,11-13H2,1H3/t16-,19?,23+/m1/s1. The van der Waals surface area contributed by atoms with Gasteiger partial charge in [0.2, 0.25) is 5.91 Å². The van der Waals surface area contributed by atoms with Crippen LogP contribution < -0.4 is 5.32 Å². The van der Waals surface area contributed by atoms with Crippen molar-refractivity contribution in [1.82, 2.24) is 40.3 Å². The third-order valence-corrected chi connectivity index (χ3v) is 7.80. The summed E-state index contributed by atoms with van der Waals surface area (Å²) >= 11 is 0. The van der Waals surface area contributed by atoms with Crippen LogP contribution in [0.5, 0.6) is 0 Å². The summed E-state index contributed by atoms with van der Waals surface area (Å²) in [6, 6.07) is 9.23. The summed E-state index contributed by atoms with van der Waals surface area (Å²) in [5, 5.41) is 24.1. The third-order valence-electron chi connectivity index (χ3n) is 7.80. The van der Waals surface area contributed by atoms with Gasteiger partial charge in [-0.15, -0.1) is 5.10 Å². The fraction of sp³-hybridized carbons (Fsp3) is 0.440. The number of nitrogens with zero attached hydrogens (tertiary/aromatic N) is 8. The second-order valence-electron chi connectivity index (χ2n) is 9.69. The molecular formula is C25H26FN9O. The van der Waals surface area contributed by atoms with Crippen LogP contribution in [0.2, 0.25) is 0 Å². The lowest BCUT2D eigenvalue weighted by molar-refractivity contribution is -0.136. The Kier molecular flexibility index (Phi) is 5.70. The number of benzene rings is 1. The van der Waals surface area contributed by atoms with E-state index in [0.717, 1.165) is 49.3 Å². The fourth-order valence-electron chi connectivity index (χ4n) is 5.85. The molecule has 0 spiro atoms. The van der Waals surface area contributed by atoms with Crippen LogP contribution in [0.4, 0.5) is 4.39 Å². The molecule has 1 unspecified atom stereocenters. The van der Waals surface area contributed by atoms with E-state index in [-0.39, 0.29) is 29.5 Å². The Morgan fingerprint density at radius 3 is 2.86 bits per heavy atom. The first kappa shape index (κ1) is 22.7. The highest BCUT2D eigenvalue weighted by molar-refractivity contribution is 5.85. The van der Waals surface area contributed by atoms with E-state index in [4.69, 9.17) is 0 Å². The molecule has 2 fully saturated rings. The molecule has 36 heavy (non-hydrogen) atoms. The number of aromatic nitrogens is 5. The van der Waals surface area contributed by atoms with Gasteiger partial charge in [-0.3, -0.25) is 9.69 Å². The predicted molar refractivity (Wildman–Crippen MR) is 127 cm³/mol. The zero-order valence-corrected chi connectivity index (χ0v) is 19.9. The smallest absolute Gasteiger partial charge is 0.230 e. The molecule has 2 aromatic heterocycles. The zero-order valence-electron chi connectivity index (χ0n) is 19.9. The Bertz CT molecular complexity index is 1350. The fourth-order valence-corrected chi connectivity index (χ4v) is 5.85. The number of nitriles is 1. The van der Waals surface area contributed by atoms with Gasteiger partial charge in [-0.1, -0.05) is 12.1 Å². The summed E-state index contributed by atoms with van der Waals surface area (Å²) in [6.07, 6.45) is 3.03. The van der Waals surface area contributed by atoms with E-state index in [2.05, 4.69) is 30.7 Å². The van der Waals surface area contributed by atoms with Crippen molar-refractivity contribution in [3.8, 4) is 11.9 Å². The number of tetrazole rings is 1. The highest BCUT2D eigenvalue weighted by Gasteiger charge is 2.39. The molecule has 10 nitrogen and oxygen atoms in total. The largest absolute Gasteiger partial charge is 0.339 e. The van der Waals surface area contributed by atoms with Crippen LogP contribution in [0.25, 0.3) is 5.82 Å². The number of carbonyl (C=O) groups excluding carboxylic acids is 1. The Hall–Kier alpha value is -3.75. The molecule has 6 rings (SSSR count). The van der Waals surface area contributed by atoms with Crippen LogP contribution in [0.3, 0.4) is 0 Å². The van der Waals surface area contributed by atoms with E-state index in [1.807, 2.05) is 23.1 Å². The second-order valence-corrected chi connectivity index (χ2v) is 9.69. The minimum Gasteiger partial charge on any atom is -0.339 e. The highest BCUT2D eigenvalue weighted by Crippen LogP contribution is 2.35. The summed E-state index contributed by atoms with van der Waals surface area (Å²) in [6.45, 7) is 5.44. The van der Waals surface area contributed by atoms with Crippen LogP contribution >= 0.6 is 0 Å². The Labute approximate surface area is 207 Å².